The van der Waals surface area contributed by atoms with E-state index in [1.807, 2.05) is 43.3 Å². The molecule has 2 aromatic carbocycles. The van der Waals surface area contributed by atoms with Crippen molar-refractivity contribution in [2.24, 2.45) is 5.16 Å². The highest BCUT2D eigenvalue weighted by Gasteiger charge is 2.32. The molecule has 0 bridgehead atoms. The molecule has 8 heteroatoms. The van der Waals surface area contributed by atoms with Crippen molar-refractivity contribution in [1.82, 2.24) is 4.90 Å². The summed E-state index contributed by atoms with van der Waals surface area (Å²) in [5.41, 5.74) is 2.59. The maximum atomic E-state index is 12.7. The van der Waals surface area contributed by atoms with Crippen molar-refractivity contribution in [3.05, 3.63) is 59.7 Å². The molecule has 0 saturated heterocycles. The zero-order chi connectivity index (χ0) is 20.5. The number of amidine groups is 1. The van der Waals surface area contributed by atoms with Crippen LogP contribution < -0.4 is 4.90 Å². The Balaban J connectivity index is 1.90. The summed E-state index contributed by atoms with van der Waals surface area (Å²) < 4.78 is 23.3. The summed E-state index contributed by atoms with van der Waals surface area (Å²) in [6.07, 6.45) is 0.484. The van der Waals surface area contributed by atoms with E-state index in [0.29, 0.717) is 5.84 Å². The van der Waals surface area contributed by atoms with Gasteiger partial charge in [-0.2, -0.15) is 0 Å². The molecule has 7 nitrogen and oxygen atoms in total. The molecule has 0 radical (unpaired) electrons. The first-order valence-corrected chi connectivity index (χ1v) is 10.7. The predicted molar refractivity (Wildman–Crippen MR) is 108 cm³/mol. The summed E-state index contributed by atoms with van der Waals surface area (Å²) >= 11 is 0. The molecule has 0 aromatic heterocycles. The maximum absolute atomic E-state index is 12.7. The Morgan fingerprint density at radius 3 is 2.21 bits per heavy atom. The molecule has 1 aliphatic rings. The third kappa shape index (κ3) is 4.17. The number of hydrogen-bond donors (Lipinski definition) is 0. The van der Waals surface area contributed by atoms with Gasteiger partial charge in [-0.25, -0.2) is 8.42 Å². The summed E-state index contributed by atoms with van der Waals surface area (Å²) in [5, 5.41) is 4.15. The van der Waals surface area contributed by atoms with Crippen LogP contribution in [0.1, 0.15) is 18.1 Å². The Morgan fingerprint density at radius 2 is 1.68 bits per heavy atom. The molecule has 2 aromatic rings. The molecule has 148 valence electrons. The summed E-state index contributed by atoms with van der Waals surface area (Å²) in [5.74, 6) is 0.231. The van der Waals surface area contributed by atoms with Crippen molar-refractivity contribution in [2.75, 3.05) is 25.3 Å². The number of oxime groups is 1. The summed E-state index contributed by atoms with van der Waals surface area (Å²) in [6, 6.07) is 14.2. The standard InChI is InChI=1S/C20H23N3O4S/c1-14-20(24)23(13-15-5-11-18(12-6-15)28(4,25)26)19(21-27-14)16-7-9-17(10-8-16)22(2)3/h5-12,14H,13H2,1-4H3. The Kier molecular flexibility index (Phi) is 5.42. The second-order valence-electron chi connectivity index (χ2n) is 6.94. The normalized spacial score (nSPS) is 17.1. The molecular weight excluding hydrogens is 378 g/mol. The van der Waals surface area contributed by atoms with Crippen LogP contribution in [-0.2, 0) is 26.0 Å². The van der Waals surface area contributed by atoms with E-state index in [1.165, 1.54) is 0 Å². The summed E-state index contributed by atoms with van der Waals surface area (Å²) in [4.78, 5) is 21.8. The SMILES string of the molecule is CC1ON=C(c2ccc(N(C)C)cc2)N(Cc2ccc(S(C)(=O)=O)cc2)C1=O. The highest BCUT2D eigenvalue weighted by molar-refractivity contribution is 7.90. The minimum absolute atomic E-state index is 0.200. The molecule has 0 saturated carbocycles. The third-order valence-corrected chi connectivity index (χ3v) is 5.63. The minimum atomic E-state index is -3.27. The lowest BCUT2D eigenvalue weighted by Gasteiger charge is -2.30. The Hall–Kier alpha value is -2.87. The van der Waals surface area contributed by atoms with Gasteiger partial charge in [0.15, 0.2) is 15.7 Å². The van der Waals surface area contributed by atoms with Crippen molar-refractivity contribution >= 4 is 27.3 Å². The van der Waals surface area contributed by atoms with Gasteiger partial charge < -0.3 is 9.74 Å². The van der Waals surface area contributed by atoms with Crippen LogP contribution in [0.4, 0.5) is 5.69 Å². The largest absolute Gasteiger partial charge is 0.381 e. The van der Waals surface area contributed by atoms with Gasteiger partial charge in [0.25, 0.3) is 5.91 Å². The van der Waals surface area contributed by atoms with Gasteiger partial charge in [-0.15, -0.1) is 0 Å². The quantitative estimate of drug-likeness (QED) is 0.768. The number of anilines is 1. The number of hydrogen-bond acceptors (Lipinski definition) is 6. The van der Waals surface area contributed by atoms with Crippen molar-refractivity contribution < 1.29 is 18.0 Å². The van der Waals surface area contributed by atoms with Crippen LogP contribution in [0.5, 0.6) is 0 Å². The predicted octanol–water partition coefficient (Wildman–Crippen LogP) is 2.27. The van der Waals surface area contributed by atoms with Crippen LogP contribution in [0, 0.1) is 0 Å². The van der Waals surface area contributed by atoms with Gasteiger partial charge in [0.1, 0.15) is 0 Å². The number of sulfone groups is 1. The molecule has 0 N–H and O–H groups in total. The van der Waals surface area contributed by atoms with Crippen molar-refractivity contribution in [2.45, 2.75) is 24.5 Å². The van der Waals surface area contributed by atoms with E-state index in [1.54, 1.807) is 36.1 Å². The molecule has 0 spiro atoms. The smallest absolute Gasteiger partial charge is 0.272 e. The van der Waals surface area contributed by atoms with E-state index < -0.39 is 15.9 Å². The van der Waals surface area contributed by atoms with Gasteiger partial charge in [0, 0.05) is 31.6 Å². The molecule has 1 heterocycles. The van der Waals surface area contributed by atoms with Gasteiger partial charge in [0.2, 0.25) is 6.10 Å². The number of rotatable bonds is 5. The molecule has 1 unspecified atom stereocenters. The molecule has 1 aliphatic heterocycles. The van der Waals surface area contributed by atoms with Crippen LogP contribution in [0.25, 0.3) is 0 Å². The van der Waals surface area contributed by atoms with E-state index >= 15 is 0 Å². The van der Waals surface area contributed by atoms with E-state index in [4.69, 9.17) is 4.84 Å². The first-order chi connectivity index (χ1) is 13.2. The molecule has 1 amide bonds. The Bertz CT molecular complexity index is 997. The van der Waals surface area contributed by atoms with Crippen molar-refractivity contribution in [3.8, 4) is 0 Å². The van der Waals surface area contributed by atoms with Gasteiger partial charge >= 0.3 is 0 Å². The Labute approximate surface area is 165 Å². The Morgan fingerprint density at radius 1 is 1.07 bits per heavy atom. The maximum Gasteiger partial charge on any atom is 0.272 e. The highest BCUT2D eigenvalue weighted by atomic mass is 32.2. The highest BCUT2D eigenvalue weighted by Crippen LogP contribution is 2.21. The molecular formula is C20H23N3O4S. The first kappa shape index (κ1) is 19.9. The average Bonchev–Trinajstić information content (AvgIpc) is 2.65. The van der Waals surface area contributed by atoms with Crippen LogP contribution in [0.3, 0.4) is 0 Å². The topological polar surface area (TPSA) is 79.3 Å². The minimum Gasteiger partial charge on any atom is -0.381 e. The zero-order valence-corrected chi connectivity index (χ0v) is 17.1. The van der Waals surface area contributed by atoms with Gasteiger partial charge in [0.05, 0.1) is 11.4 Å². The number of nitrogens with zero attached hydrogens (tertiary/aromatic N) is 3. The van der Waals surface area contributed by atoms with E-state index in [9.17, 15) is 13.2 Å². The number of carbonyl (C=O) groups is 1. The molecule has 1 atom stereocenters. The first-order valence-electron chi connectivity index (χ1n) is 8.79. The van der Waals surface area contributed by atoms with Gasteiger partial charge in [-0.1, -0.05) is 17.3 Å². The lowest BCUT2D eigenvalue weighted by Crippen LogP contribution is -2.46. The lowest BCUT2D eigenvalue weighted by molar-refractivity contribution is -0.142. The van der Waals surface area contributed by atoms with Crippen molar-refractivity contribution in [1.29, 1.82) is 0 Å². The van der Waals surface area contributed by atoms with Gasteiger partial charge in [-0.3, -0.25) is 9.69 Å². The number of carbonyl (C=O) groups excluding carboxylic acids is 1. The number of benzene rings is 2. The summed E-state index contributed by atoms with van der Waals surface area (Å²) in [7, 11) is 0.639. The molecule has 3 rings (SSSR count). The second-order valence-corrected chi connectivity index (χ2v) is 8.96. The average molecular weight is 401 g/mol. The van der Waals surface area contributed by atoms with E-state index in [2.05, 4.69) is 5.16 Å². The fourth-order valence-electron chi connectivity index (χ4n) is 2.84. The molecule has 28 heavy (non-hydrogen) atoms. The van der Waals surface area contributed by atoms with E-state index in [0.717, 1.165) is 23.1 Å². The van der Waals surface area contributed by atoms with Crippen LogP contribution >= 0.6 is 0 Å². The van der Waals surface area contributed by atoms with Crippen LogP contribution in [0.2, 0.25) is 0 Å². The fraction of sp³-hybridized carbons (Fsp3) is 0.300. The van der Waals surface area contributed by atoms with Crippen molar-refractivity contribution in [3.63, 3.8) is 0 Å². The van der Waals surface area contributed by atoms with E-state index in [-0.39, 0.29) is 17.3 Å². The summed E-state index contributed by atoms with van der Waals surface area (Å²) in [6.45, 7) is 1.92. The molecule has 0 fully saturated rings. The monoisotopic (exact) mass is 401 g/mol. The van der Waals surface area contributed by atoms with Gasteiger partial charge in [-0.05, 0) is 48.9 Å². The fourth-order valence-corrected chi connectivity index (χ4v) is 3.47. The van der Waals surface area contributed by atoms with Crippen LogP contribution in [0.15, 0.2) is 58.6 Å². The third-order valence-electron chi connectivity index (χ3n) is 4.50. The second kappa shape index (κ2) is 7.63. The van der Waals surface area contributed by atoms with Crippen LogP contribution in [-0.4, -0.2) is 51.5 Å². The number of amides is 1. The zero-order valence-electron chi connectivity index (χ0n) is 16.3. The lowest BCUT2D eigenvalue weighted by atomic mass is 10.1. The molecule has 0 aliphatic carbocycles.